The van der Waals surface area contributed by atoms with Crippen molar-refractivity contribution < 1.29 is 0 Å². The molecular formula is C5H7NO. The Morgan fingerprint density at radius 1 is 2.00 bits per heavy atom. The lowest BCUT2D eigenvalue weighted by atomic mass is 9.93. The van der Waals surface area contributed by atoms with E-state index in [1.807, 2.05) is 13.0 Å². The van der Waals surface area contributed by atoms with Gasteiger partial charge in [-0.1, -0.05) is 13.0 Å². The fraction of sp³-hybridized carbons (Fsp3) is 0.600. The van der Waals surface area contributed by atoms with Crippen LogP contribution in [0.5, 0.6) is 0 Å². The fourth-order valence-electron chi connectivity index (χ4n) is 0.586. The van der Waals surface area contributed by atoms with Gasteiger partial charge in [0.05, 0.1) is 5.70 Å². The topological polar surface area (TPSA) is 29.4 Å². The second-order valence-corrected chi connectivity index (χ2v) is 1.86. The van der Waals surface area contributed by atoms with Gasteiger partial charge in [-0.2, -0.15) is 0 Å². The van der Waals surface area contributed by atoms with Crippen LogP contribution in [0, 0.1) is 10.8 Å². The molecule has 1 rings (SSSR count). The molecule has 0 amide bonds. The zero-order valence-corrected chi connectivity index (χ0v) is 4.22. The predicted octanol–water partition coefficient (Wildman–Crippen LogP) is 1.68. The van der Waals surface area contributed by atoms with E-state index in [0.29, 0.717) is 5.92 Å². The van der Waals surface area contributed by atoms with Crippen LogP contribution in [0.1, 0.15) is 13.3 Å². The molecule has 0 aromatic rings. The Balaban J connectivity index is 2.56. The molecule has 0 fully saturated rings. The average molecular weight is 97.1 g/mol. The van der Waals surface area contributed by atoms with Crippen LogP contribution in [0.4, 0.5) is 0 Å². The molecule has 0 N–H and O–H groups in total. The molecule has 2 nitrogen and oxygen atoms in total. The molecule has 1 aliphatic carbocycles. The fourth-order valence-corrected chi connectivity index (χ4v) is 0.586. The van der Waals surface area contributed by atoms with Gasteiger partial charge in [0.1, 0.15) is 0 Å². The largest absolute Gasteiger partial charge is 0.145 e. The number of nitrogens with zero attached hydrogens (tertiary/aromatic N) is 1. The minimum absolute atomic E-state index is 0.428. The van der Waals surface area contributed by atoms with Gasteiger partial charge < -0.3 is 0 Å². The second kappa shape index (κ2) is 1.45. The summed E-state index contributed by atoms with van der Waals surface area (Å²) in [4.78, 5) is 9.68. The van der Waals surface area contributed by atoms with Crippen molar-refractivity contribution in [3.63, 3.8) is 0 Å². The molecule has 0 aromatic carbocycles. The summed E-state index contributed by atoms with van der Waals surface area (Å²) < 4.78 is 0. The standard InChI is InChI=1S/C5H7NO/c1-4-2-3-5(4)6-7/h3-4H,2H2,1H3. The number of nitroso groups, excluding NO2 is 1. The third-order valence-electron chi connectivity index (χ3n) is 1.29. The number of rotatable bonds is 1. The van der Waals surface area contributed by atoms with Gasteiger partial charge in [0, 0.05) is 5.92 Å². The van der Waals surface area contributed by atoms with Crippen LogP contribution in [0.15, 0.2) is 16.9 Å². The SMILES string of the molecule is CC1CC=C1N=O. The van der Waals surface area contributed by atoms with Crippen molar-refractivity contribution in [2.75, 3.05) is 0 Å². The van der Waals surface area contributed by atoms with Gasteiger partial charge in [0.2, 0.25) is 0 Å². The molecule has 0 saturated carbocycles. The van der Waals surface area contributed by atoms with Gasteiger partial charge in [-0.25, -0.2) is 0 Å². The molecule has 0 radical (unpaired) electrons. The highest BCUT2D eigenvalue weighted by Gasteiger charge is 2.15. The Bertz CT molecular complexity index is 117. The number of allylic oxidation sites excluding steroid dienone is 2. The Morgan fingerprint density at radius 2 is 2.71 bits per heavy atom. The molecule has 0 aromatic heterocycles. The molecule has 2 heteroatoms. The first kappa shape index (κ1) is 4.50. The minimum atomic E-state index is 0.428. The zero-order chi connectivity index (χ0) is 5.28. The summed E-state index contributed by atoms with van der Waals surface area (Å²) in [6, 6.07) is 0. The first-order valence-electron chi connectivity index (χ1n) is 2.38. The van der Waals surface area contributed by atoms with Gasteiger partial charge in [-0.3, -0.25) is 0 Å². The van der Waals surface area contributed by atoms with Crippen LogP contribution in [-0.2, 0) is 0 Å². The van der Waals surface area contributed by atoms with E-state index in [1.54, 1.807) is 0 Å². The highest BCUT2D eigenvalue weighted by Crippen LogP contribution is 2.26. The summed E-state index contributed by atoms with van der Waals surface area (Å²) in [5.41, 5.74) is 0.722. The average Bonchev–Trinajstić information content (AvgIpc) is 1.65. The summed E-state index contributed by atoms with van der Waals surface area (Å²) in [6.07, 6.45) is 2.89. The summed E-state index contributed by atoms with van der Waals surface area (Å²) in [5, 5.41) is 2.79. The maximum atomic E-state index is 9.68. The van der Waals surface area contributed by atoms with Crippen molar-refractivity contribution in [2.24, 2.45) is 11.1 Å². The Kier molecular flexibility index (Phi) is 0.929. The van der Waals surface area contributed by atoms with E-state index in [-0.39, 0.29) is 0 Å². The van der Waals surface area contributed by atoms with Gasteiger partial charge in [0.15, 0.2) is 0 Å². The summed E-state index contributed by atoms with van der Waals surface area (Å²) in [7, 11) is 0. The Labute approximate surface area is 42.2 Å². The van der Waals surface area contributed by atoms with Crippen LogP contribution in [0.2, 0.25) is 0 Å². The second-order valence-electron chi connectivity index (χ2n) is 1.86. The lowest BCUT2D eigenvalue weighted by Crippen LogP contribution is -2.04. The minimum Gasteiger partial charge on any atom is -0.145 e. The lowest BCUT2D eigenvalue weighted by molar-refractivity contribution is 0.613. The van der Waals surface area contributed by atoms with E-state index in [9.17, 15) is 4.91 Å². The van der Waals surface area contributed by atoms with Crippen molar-refractivity contribution in [2.45, 2.75) is 13.3 Å². The quantitative estimate of drug-likeness (QED) is 0.457. The van der Waals surface area contributed by atoms with E-state index in [2.05, 4.69) is 5.18 Å². The molecular weight excluding hydrogens is 90.1 g/mol. The van der Waals surface area contributed by atoms with Crippen LogP contribution in [-0.4, -0.2) is 0 Å². The van der Waals surface area contributed by atoms with E-state index < -0.39 is 0 Å². The Morgan fingerprint density at radius 3 is 2.71 bits per heavy atom. The highest BCUT2D eigenvalue weighted by atomic mass is 16.3. The van der Waals surface area contributed by atoms with Crippen molar-refractivity contribution in [1.82, 2.24) is 0 Å². The Hall–Kier alpha value is -0.660. The van der Waals surface area contributed by atoms with E-state index in [1.165, 1.54) is 0 Å². The van der Waals surface area contributed by atoms with Gasteiger partial charge in [0.25, 0.3) is 0 Å². The number of hydrogen-bond acceptors (Lipinski definition) is 2. The first-order valence-corrected chi connectivity index (χ1v) is 2.38. The molecule has 1 unspecified atom stereocenters. The van der Waals surface area contributed by atoms with Gasteiger partial charge in [-0.15, -0.1) is 4.91 Å². The van der Waals surface area contributed by atoms with E-state index >= 15 is 0 Å². The van der Waals surface area contributed by atoms with Gasteiger partial charge >= 0.3 is 0 Å². The summed E-state index contributed by atoms with van der Waals surface area (Å²) >= 11 is 0. The van der Waals surface area contributed by atoms with Gasteiger partial charge in [-0.05, 0) is 11.6 Å². The van der Waals surface area contributed by atoms with Crippen LogP contribution in [0.25, 0.3) is 0 Å². The molecule has 0 aliphatic heterocycles. The highest BCUT2D eigenvalue weighted by molar-refractivity contribution is 5.14. The van der Waals surface area contributed by atoms with Crippen LogP contribution in [0.3, 0.4) is 0 Å². The third kappa shape index (κ3) is 0.557. The normalized spacial score (nSPS) is 28.1. The predicted molar refractivity (Wildman–Crippen MR) is 27.7 cm³/mol. The molecule has 0 saturated heterocycles. The smallest absolute Gasteiger partial charge is 0.0840 e. The molecule has 7 heavy (non-hydrogen) atoms. The van der Waals surface area contributed by atoms with Crippen molar-refractivity contribution in [3.8, 4) is 0 Å². The molecule has 0 spiro atoms. The maximum absolute atomic E-state index is 9.68. The zero-order valence-electron chi connectivity index (χ0n) is 4.22. The molecule has 38 valence electrons. The summed E-state index contributed by atoms with van der Waals surface area (Å²) in [6.45, 7) is 2.00. The maximum Gasteiger partial charge on any atom is 0.0840 e. The molecule has 1 atom stereocenters. The van der Waals surface area contributed by atoms with E-state index in [4.69, 9.17) is 0 Å². The monoisotopic (exact) mass is 97.1 g/mol. The molecule has 0 heterocycles. The van der Waals surface area contributed by atoms with Crippen molar-refractivity contribution in [1.29, 1.82) is 0 Å². The first-order chi connectivity index (χ1) is 3.34. The third-order valence-corrected chi connectivity index (χ3v) is 1.29. The van der Waals surface area contributed by atoms with Crippen LogP contribution >= 0.6 is 0 Å². The lowest BCUT2D eigenvalue weighted by Gasteiger charge is -2.14. The van der Waals surface area contributed by atoms with Crippen molar-refractivity contribution in [3.05, 3.63) is 16.7 Å². The molecule has 1 aliphatic rings. The van der Waals surface area contributed by atoms with E-state index in [0.717, 1.165) is 12.1 Å². The summed E-state index contributed by atoms with van der Waals surface area (Å²) in [5.74, 6) is 0.428. The van der Waals surface area contributed by atoms with Crippen molar-refractivity contribution >= 4 is 0 Å². The van der Waals surface area contributed by atoms with Crippen LogP contribution < -0.4 is 0 Å². The molecule has 0 bridgehead atoms. The number of hydrogen-bond donors (Lipinski definition) is 0.